The van der Waals surface area contributed by atoms with Crippen LogP contribution in [0, 0.1) is 5.82 Å². The second-order valence-corrected chi connectivity index (χ2v) is 6.18. The van der Waals surface area contributed by atoms with Crippen molar-refractivity contribution in [1.29, 1.82) is 0 Å². The highest BCUT2D eigenvalue weighted by molar-refractivity contribution is 5.78. The minimum Gasteiger partial charge on any atom is -0.379 e. The molecular weight excluding hydrogens is 321 g/mol. The van der Waals surface area contributed by atoms with Crippen molar-refractivity contribution in [3.05, 3.63) is 71.5 Å². The lowest BCUT2D eigenvalue weighted by Crippen LogP contribution is -2.50. The number of nitrogens with one attached hydrogen (secondary N) is 1. The van der Waals surface area contributed by atoms with Crippen molar-refractivity contribution in [1.82, 2.24) is 5.32 Å². The fourth-order valence-electron chi connectivity index (χ4n) is 2.92. The average molecular weight is 343 g/mol. The second kappa shape index (κ2) is 8.74. The van der Waals surface area contributed by atoms with Crippen LogP contribution in [0.4, 0.5) is 4.39 Å². The molecule has 0 aromatic heterocycles. The summed E-state index contributed by atoms with van der Waals surface area (Å²) in [5, 5.41) is 2.96. The van der Waals surface area contributed by atoms with E-state index in [-0.39, 0.29) is 30.3 Å². The number of hydrogen-bond acceptors (Lipinski definition) is 3. The highest BCUT2D eigenvalue weighted by Crippen LogP contribution is 2.15. The molecular formula is C20H22FNO3. The van der Waals surface area contributed by atoms with Crippen molar-refractivity contribution in [3.8, 4) is 0 Å². The molecule has 5 heteroatoms. The van der Waals surface area contributed by atoms with E-state index in [9.17, 15) is 9.18 Å². The summed E-state index contributed by atoms with van der Waals surface area (Å²) in [6.45, 7) is 1.55. The molecule has 0 bridgehead atoms. The maximum atomic E-state index is 13.2. The molecule has 1 saturated heterocycles. The third-order valence-electron chi connectivity index (χ3n) is 4.20. The van der Waals surface area contributed by atoms with Crippen LogP contribution in [0.3, 0.4) is 0 Å². The van der Waals surface area contributed by atoms with E-state index in [1.807, 2.05) is 30.3 Å². The maximum Gasteiger partial charge on any atom is 0.224 e. The molecule has 0 spiro atoms. The molecule has 4 nitrogen and oxygen atoms in total. The Balaban J connectivity index is 1.54. The molecule has 2 atom stereocenters. The van der Waals surface area contributed by atoms with Gasteiger partial charge in [0, 0.05) is 6.61 Å². The smallest absolute Gasteiger partial charge is 0.224 e. The molecule has 1 N–H and O–H groups in total. The standard InChI is InChI=1S/C20H22FNO3/c21-17-8-4-7-16(11-17)12-20(23)22-18-14-24-10-9-19(18)25-13-15-5-2-1-3-6-15/h1-8,11,18-19H,9-10,12-14H2,(H,22,23)/t18-,19+/m1/s1. The Hall–Kier alpha value is -2.24. The Labute approximate surface area is 147 Å². The van der Waals surface area contributed by atoms with Crippen molar-refractivity contribution in [2.45, 2.75) is 31.6 Å². The van der Waals surface area contributed by atoms with Crippen molar-refractivity contribution in [3.63, 3.8) is 0 Å². The number of halogens is 1. The van der Waals surface area contributed by atoms with Crippen LogP contribution in [-0.4, -0.2) is 31.3 Å². The lowest BCUT2D eigenvalue weighted by Gasteiger charge is -2.32. The Kier molecular flexibility index (Phi) is 6.14. The Morgan fingerprint density at radius 2 is 1.96 bits per heavy atom. The van der Waals surface area contributed by atoms with Gasteiger partial charge in [-0.25, -0.2) is 4.39 Å². The number of amides is 1. The van der Waals surface area contributed by atoms with Gasteiger partial charge in [-0.15, -0.1) is 0 Å². The largest absolute Gasteiger partial charge is 0.379 e. The van der Waals surface area contributed by atoms with Gasteiger partial charge in [0.2, 0.25) is 5.91 Å². The predicted octanol–water partition coefficient (Wildman–Crippen LogP) is 2.86. The predicted molar refractivity (Wildman–Crippen MR) is 92.5 cm³/mol. The molecule has 1 heterocycles. The summed E-state index contributed by atoms with van der Waals surface area (Å²) in [6, 6.07) is 15.8. The molecule has 3 rings (SSSR count). The van der Waals surface area contributed by atoms with Crippen molar-refractivity contribution >= 4 is 5.91 Å². The van der Waals surface area contributed by atoms with Gasteiger partial charge in [0.05, 0.1) is 31.8 Å². The van der Waals surface area contributed by atoms with E-state index in [1.54, 1.807) is 12.1 Å². The number of carbonyl (C=O) groups is 1. The van der Waals surface area contributed by atoms with Crippen molar-refractivity contribution in [2.75, 3.05) is 13.2 Å². The first-order valence-corrected chi connectivity index (χ1v) is 8.48. The van der Waals surface area contributed by atoms with Crippen molar-refractivity contribution < 1.29 is 18.7 Å². The van der Waals surface area contributed by atoms with Gasteiger partial charge in [-0.2, -0.15) is 0 Å². The topological polar surface area (TPSA) is 47.6 Å². The SMILES string of the molecule is O=C(Cc1cccc(F)c1)N[C@@H]1COCC[C@@H]1OCc1ccccc1. The first kappa shape index (κ1) is 17.6. The maximum absolute atomic E-state index is 13.2. The van der Waals surface area contributed by atoms with Crippen LogP contribution in [0.5, 0.6) is 0 Å². The molecule has 0 aliphatic carbocycles. The summed E-state index contributed by atoms with van der Waals surface area (Å²) in [6.07, 6.45) is 0.780. The van der Waals surface area contributed by atoms with E-state index in [4.69, 9.17) is 9.47 Å². The van der Waals surface area contributed by atoms with E-state index in [0.717, 1.165) is 12.0 Å². The summed E-state index contributed by atoms with van der Waals surface area (Å²) in [5.41, 5.74) is 1.75. The summed E-state index contributed by atoms with van der Waals surface area (Å²) in [4.78, 5) is 12.3. The number of carbonyl (C=O) groups excluding carboxylic acids is 1. The summed E-state index contributed by atoms with van der Waals surface area (Å²) in [5.74, 6) is -0.496. The molecule has 2 aromatic carbocycles. The van der Waals surface area contributed by atoms with Gasteiger partial charge in [0.25, 0.3) is 0 Å². The molecule has 1 aliphatic heterocycles. The monoisotopic (exact) mass is 343 g/mol. The van der Waals surface area contributed by atoms with Gasteiger partial charge in [-0.3, -0.25) is 4.79 Å². The van der Waals surface area contributed by atoms with Crippen LogP contribution in [0.25, 0.3) is 0 Å². The highest BCUT2D eigenvalue weighted by Gasteiger charge is 2.28. The van der Waals surface area contributed by atoms with Gasteiger partial charge in [-0.1, -0.05) is 42.5 Å². The molecule has 25 heavy (non-hydrogen) atoms. The van der Waals surface area contributed by atoms with Crippen LogP contribution in [0.15, 0.2) is 54.6 Å². The molecule has 2 aromatic rings. The molecule has 1 aliphatic rings. The lowest BCUT2D eigenvalue weighted by atomic mass is 10.1. The first-order chi connectivity index (χ1) is 12.2. The quantitative estimate of drug-likeness (QED) is 0.877. The van der Waals surface area contributed by atoms with Gasteiger partial charge >= 0.3 is 0 Å². The zero-order chi connectivity index (χ0) is 17.5. The van der Waals surface area contributed by atoms with E-state index in [2.05, 4.69) is 5.32 Å². The fourth-order valence-corrected chi connectivity index (χ4v) is 2.92. The molecule has 0 radical (unpaired) electrons. The third kappa shape index (κ3) is 5.37. The zero-order valence-electron chi connectivity index (χ0n) is 14.0. The number of rotatable bonds is 6. The van der Waals surface area contributed by atoms with E-state index < -0.39 is 0 Å². The van der Waals surface area contributed by atoms with Gasteiger partial charge in [0.15, 0.2) is 0 Å². The van der Waals surface area contributed by atoms with Gasteiger partial charge in [-0.05, 0) is 29.7 Å². The first-order valence-electron chi connectivity index (χ1n) is 8.48. The van der Waals surface area contributed by atoms with Crippen LogP contribution in [0.1, 0.15) is 17.5 Å². The summed E-state index contributed by atoms with van der Waals surface area (Å²) >= 11 is 0. The second-order valence-electron chi connectivity index (χ2n) is 6.18. The third-order valence-corrected chi connectivity index (χ3v) is 4.20. The van der Waals surface area contributed by atoms with Crippen LogP contribution in [0.2, 0.25) is 0 Å². The fraction of sp³-hybridized carbons (Fsp3) is 0.350. The summed E-state index contributed by atoms with van der Waals surface area (Å²) < 4.78 is 24.7. The zero-order valence-corrected chi connectivity index (χ0v) is 14.0. The van der Waals surface area contributed by atoms with E-state index in [1.165, 1.54) is 12.1 Å². The minimum absolute atomic E-state index is 0.0922. The minimum atomic E-state index is -0.338. The Morgan fingerprint density at radius 1 is 1.16 bits per heavy atom. The van der Waals surface area contributed by atoms with E-state index >= 15 is 0 Å². The average Bonchev–Trinajstić information content (AvgIpc) is 2.62. The van der Waals surface area contributed by atoms with Crippen LogP contribution < -0.4 is 5.32 Å². The van der Waals surface area contributed by atoms with Crippen LogP contribution >= 0.6 is 0 Å². The molecule has 1 amide bonds. The summed E-state index contributed by atoms with van der Waals surface area (Å²) in [7, 11) is 0. The van der Waals surface area contributed by atoms with Gasteiger partial charge < -0.3 is 14.8 Å². The van der Waals surface area contributed by atoms with Crippen molar-refractivity contribution in [2.24, 2.45) is 0 Å². The lowest BCUT2D eigenvalue weighted by molar-refractivity contribution is -0.125. The highest BCUT2D eigenvalue weighted by atomic mass is 19.1. The normalized spacial score (nSPS) is 20.2. The molecule has 0 unspecified atom stereocenters. The van der Waals surface area contributed by atoms with E-state index in [0.29, 0.717) is 25.4 Å². The molecule has 0 saturated carbocycles. The molecule has 132 valence electrons. The number of hydrogen-bond donors (Lipinski definition) is 1. The number of ether oxygens (including phenoxy) is 2. The van der Waals surface area contributed by atoms with Crippen LogP contribution in [-0.2, 0) is 27.3 Å². The Morgan fingerprint density at radius 3 is 2.76 bits per heavy atom. The van der Waals surface area contributed by atoms with Gasteiger partial charge in [0.1, 0.15) is 5.82 Å². The number of benzene rings is 2. The molecule has 1 fully saturated rings. The Bertz CT molecular complexity index is 692.